The largest absolute Gasteiger partial charge is 0.298 e. The zero-order valence-electron chi connectivity index (χ0n) is 9.44. The lowest BCUT2D eigenvalue weighted by Crippen LogP contribution is -2.27. The topological polar surface area (TPSA) is 46.2 Å². The smallest absolute Gasteiger partial charge is 0.241 e. The van der Waals surface area contributed by atoms with Crippen LogP contribution in [-0.4, -0.2) is 12.3 Å². The summed E-state index contributed by atoms with van der Waals surface area (Å²) >= 11 is 0. The maximum absolute atomic E-state index is 11.2. The Morgan fingerprint density at radius 2 is 2.12 bits per heavy atom. The molecule has 0 aliphatic heterocycles. The van der Waals surface area contributed by atoms with E-state index in [0.29, 0.717) is 12.3 Å². The van der Waals surface area contributed by atoms with Crippen LogP contribution < -0.4 is 5.32 Å². The average molecular weight is 217 g/mol. The van der Waals surface area contributed by atoms with Gasteiger partial charge in [0.15, 0.2) is 0 Å². The van der Waals surface area contributed by atoms with Crippen molar-refractivity contribution >= 4 is 12.3 Å². The van der Waals surface area contributed by atoms with Crippen LogP contribution in [0.3, 0.4) is 0 Å². The van der Waals surface area contributed by atoms with Crippen molar-refractivity contribution in [1.29, 1.82) is 0 Å². The first-order chi connectivity index (χ1) is 7.65. The number of rotatable bonds is 2. The van der Waals surface area contributed by atoms with Crippen LogP contribution in [0.25, 0.3) is 0 Å². The fourth-order valence-electron chi connectivity index (χ4n) is 1.37. The Kier molecular flexibility index (Phi) is 4.53. The molecule has 16 heavy (non-hydrogen) atoms. The predicted molar refractivity (Wildman–Crippen MR) is 62.1 cm³/mol. The molecule has 0 aromatic carbocycles. The lowest BCUT2D eigenvalue weighted by Gasteiger charge is -2.14. The Hall–Kier alpha value is -1.82. The fraction of sp³-hybridized carbons (Fsp3) is 0.385. The average Bonchev–Trinajstić information content (AvgIpc) is 2.28. The molecule has 1 N–H and O–H groups in total. The highest BCUT2D eigenvalue weighted by Crippen LogP contribution is 2.17. The monoisotopic (exact) mass is 217 g/mol. The van der Waals surface area contributed by atoms with Crippen molar-refractivity contribution in [3.8, 4) is 11.8 Å². The molecule has 84 valence electrons. The molecule has 1 aliphatic carbocycles. The van der Waals surface area contributed by atoms with Gasteiger partial charge in [0.05, 0.1) is 5.92 Å². The summed E-state index contributed by atoms with van der Waals surface area (Å²) < 4.78 is 0. The molecule has 3 nitrogen and oxygen atoms in total. The number of nitrogens with one attached hydrogen (secondary N) is 1. The third kappa shape index (κ3) is 3.39. The van der Waals surface area contributed by atoms with E-state index < -0.39 is 5.92 Å². The second kappa shape index (κ2) is 5.92. The Labute approximate surface area is 95.6 Å². The van der Waals surface area contributed by atoms with Gasteiger partial charge in [-0.1, -0.05) is 43.1 Å². The van der Waals surface area contributed by atoms with Gasteiger partial charge < -0.3 is 0 Å². The number of hydrogen-bond donors (Lipinski definition) is 1. The first-order valence-electron chi connectivity index (χ1n) is 5.25. The first kappa shape index (κ1) is 12.3. The molecular weight excluding hydrogens is 202 g/mol. The summed E-state index contributed by atoms with van der Waals surface area (Å²) in [6.07, 6.45) is 8.42. The molecular formula is C13H15NO2. The van der Waals surface area contributed by atoms with Gasteiger partial charge in [-0.3, -0.25) is 14.9 Å². The number of hydrogen-bond acceptors (Lipinski definition) is 2. The Bertz CT molecular complexity index is 384. The summed E-state index contributed by atoms with van der Waals surface area (Å²) in [6, 6.07) is 0. The third-order valence-electron chi connectivity index (χ3n) is 2.47. The second-order valence-corrected chi connectivity index (χ2v) is 3.79. The van der Waals surface area contributed by atoms with Crippen LogP contribution in [0, 0.1) is 29.6 Å². The minimum absolute atomic E-state index is 0.150. The van der Waals surface area contributed by atoms with Crippen LogP contribution in [0.15, 0.2) is 24.3 Å². The maximum Gasteiger partial charge on any atom is 0.241 e. The van der Waals surface area contributed by atoms with Crippen molar-refractivity contribution in [2.75, 3.05) is 0 Å². The third-order valence-corrected chi connectivity index (χ3v) is 2.47. The summed E-state index contributed by atoms with van der Waals surface area (Å²) in [4.78, 5) is 21.3. The van der Waals surface area contributed by atoms with E-state index in [1.807, 2.05) is 18.2 Å². The van der Waals surface area contributed by atoms with E-state index in [9.17, 15) is 9.59 Å². The number of allylic oxidation sites excluding steroid dienone is 4. The Balaban J connectivity index is 2.60. The van der Waals surface area contributed by atoms with E-state index in [-0.39, 0.29) is 11.8 Å². The Morgan fingerprint density at radius 1 is 1.44 bits per heavy atom. The molecule has 0 aromatic rings. The van der Waals surface area contributed by atoms with Gasteiger partial charge in [0.25, 0.3) is 0 Å². The number of imide groups is 1. The molecule has 3 atom stereocenters. The fourth-order valence-corrected chi connectivity index (χ4v) is 1.37. The zero-order chi connectivity index (χ0) is 12.0. The van der Waals surface area contributed by atoms with Crippen molar-refractivity contribution in [3.63, 3.8) is 0 Å². The molecule has 3 heteroatoms. The van der Waals surface area contributed by atoms with Gasteiger partial charge in [-0.2, -0.15) is 0 Å². The first-order valence-corrected chi connectivity index (χ1v) is 5.25. The SMILES string of the molecule is CC(C#CC1C=CC=CC1C)C(=O)NC=O. The zero-order valence-corrected chi connectivity index (χ0v) is 9.44. The van der Waals surface area contributed by atoms with Gasteiger partial charge in [0, 0.05) is 5.92 Å². The van der Waals surface area contributed by atoms with E-state index in [0.717, 1.165) is 0 Å². The molecule has 0 heterocycles. The van der Waals surface area contributed by atoms with E-state index in [1.165, 1.54) is 0 Å². The molecule has 0 bridgehead atoms. The van der Waals surface area contributed by atoms with E-state index >= 15 is 0 Å². The van der Waals surface area contributed by atoms with Crippen molar-refractivity contribution in [2.45, 2.75) is 13.8 Å². The molecule has 2 amide bonds. The second-order valence-electron chi connectivity index (χ2n) is 3.79. The van der Waals surface area contributed by atoms with Crippen LogP contribution in [0.4, 0.5) is 0 Å². The molecule has 0 saturated carbocycles. The summed E-state index contributed by atoms with van der Waals surface area (Å²) in [5.74, 6) is 5.60. The van der Waals surface area contributed by atoms with Gasteiger partial charge in [-0.15, -0.1) is 0 Å². The van der Waals surface area contributed by atoms with Crippen molar-refractivity contribution in [1.82, 2.24) is 5.32 Å². The number of carbonyl (C=O) groups excluding carboxylic acids is 2. The van der Waals surface area contributed by atoms with E-state index in [2.05, 4.69) is 30.2 Å². The highest BCUT2D eigenvalue weighted by molar-refractivity contribution is 5.89. The van der Waals surface area contributed by atoms with Gasteiger partial charge in [-0.25, -0.2) is 0 Å². The van der Waals surface area contributed by atoms with Crippen molar-refractivity contribution < 1.29 is 9.59 Å². The highest BCUT2D eigenvalue weighted by atomic mass is 16.2. The lowest BCUT2D eigenvalue weighted by molar-refractivity contribution is -0.126. The summed E-state index contributed by atoms with van der Waals surface area (Å²) in [5.41, 5.74) is 0. The summed E-state index contributed by atoms with van der Waals surface area (Å²) in [6.45, 7) is 3.76. The molecule has 0 radical (unpaired) electrons. The van der Waals surface area contributed by atoms with Gasteiger partial charge in [-0.05, 0) is 12.8 Å². The van der Waals surface area contributed by atoms with Crippen LogP contribution in [-0.2, 0) is 9.59 Å². The minimum atomic E-state index is -0.461. The minimum Gasteiger partial charge on any atom is -0.298 e. The van der Waals surface area contributed by atoms with Crippen molar-refractivity contribution in [2.24, 2.45) is 17.8 Å². The quantitative estimate of drug-likeness (QED) is 0.559. The van der Waals surface area contributed by atoms with Gasteiger partial charge >= 0.3 is 0 Å². The standard InChI is InChI=1S/C13H15NO2/c1-10-5-3-4-6-12(10)8-7-11(2)13(16)14-9-15/h3-6,9-12H,1-2H3,(H,14,15,16). The highest BCUT2D eigenvalue weighted by Gasteiger charge is 2.12. The molecule has 3 unspecified atom stereocenters. The molecule has 1 aliphatic rings. The van der Waals surface area contributed by atoms with Crippen LogP contribution in [0.2, 0.25) is 0 Å². The molecule has 0 aromatic heterocycles. The van der Waals surface area contributed by atoms with E-state index in [4.69, 9.17) is 0 Å². The van der Waals surface area contributed by atoms with Crippen LogP contribution >= 0.6 is 0 Å². The van der Waals surface area contributed by atoms with Crippen LogP contribution in [0.1, 0.15) is 13.8 Å². The number of amides is 2. The maximum atomic E-state index is 11.2. The van der Waals surface area contributed by atoms with Gasteiger partial charge in [0.2, 0.25) is 12.3 Å². The molecule has 1 rings (SSSR count). The Morgan fingerprint density at radius 3 is 2.75 bits per heavy atom. The summed E-state index contributed by atoms with van der Waals surface area (Å²) in [7, 11) is 0. The van der Waals surface area contributed by atoms with E-state index in [1.54, 1.807) is 6.92 Å². The molecule has 0 saturated heterocycles. The van der Waals surface area contributed by atoms with Gasteiger partial charge in [0.1, 0.15) is 0 Å². The molecule has 0 fully saturated rings. The number of carbonyl (C=O) groups is 2. The summed E-state index contributed by atoms with van der Waals surface area (Å²) in [5, 5.41) is 2.09. The lowest BCUT2D eigenvalue weighted by atomic mass is 9.90. The normalized spacial score (nSPS) is 24.1. The van der Waals surface area contributed by atoms with Crippen molar-refractivity contribution in [3.05, 3.63) is 24.3 Å². The molecule has 0 spiro atoms. The predicted octanol–water partition coefficient (Wildman–Crippen LogP) is 1.28. The van der Waals surface area contributed by atoms with Crippen LogP contribution in [0.5, 0.6) is 0 Å².